The highest BCUT2D eigenvalue weighted by molar-refractivity contribution is 6.18. The van der Waals surface area contributed by atoms with Crippen LogP contribution >= 0.6 is 11.6 Å². The number of halogens is 1. The van der Waals surface area contributed by atoms with E-state index in [1.54, 1.807) is 0 Å². The fourth-order valence-corrected chi connectivity index (χ4v) is 1.20. The third-order valence-electron chi connectivity index (χ3n) is 2.16. The molecule has 1 rings (SSSR count). The van der Waals surface area contributed by atoms with Crippen molar-refractivity contribution in [1.29, 1.82) is 0 Å². The van der Waals surface area contributed by atoms with E-state index in [1.165, 1.54) is 5.56 Å². The number of aliphatic hydroxyl groups is 1. The second kappa shape index (κ2) is 5.23. The summed E-state index contributed by atoms with van der Waals surface area (Å²) in [7, 11) is 0. The van der Waals surface area contributed by atoms with Gasteiger partial charge in [-0.15, -0.1) is 11.6 Å². The Labute approximate surface area is 89.5 Å². The molecule has 0 fully saturated rings. The molecular formula is C11H15ClO2. The SMILES string of the molecule is Cc1cccc(OCC(O)CCl)c1C. The first-order chi connectivity index (χ1) is 6.65. The van der Waals surface area contributed by atoms with Gasteiger partial charge in [-0.05, 0) is 31.0 Å². The molecule has 0 aliphatic rings. The molecule has 0 amide bonds. The van der Waals surface area contributed by atoms with Crippen molar-refractivity contribution >= 4 is 11.6 Å². The Morgan fingerprint density at radius 3 is 2.79 bits per heavy atom. The summed E-state index contributed by atoms with van der Waals surface area (Å²) >= 11 is 5.46. The van der Waals surface area contributed by atoms with Crippen LogP contribution in [-0.4, -0.2) is 23.7 Å². The van der Waals surface area contributed by atoms with Crippen molar-refractivity contribution in [3.05, 3.63) is 29.3 Å². The van der Waals surface area contributed by atoms with E-state index in [0.717, 1.165) is 11.3 Å². The van der Waals surface area contributed by atoms with Gasteiger partial charge in [-0.2, -0.15) is 0 Å². The summed E-state index contributed by atoms with van der Waals surface area (Å²) in [4.78, 5) is 0. The number of rotatable bonds is 4. The van der Waals surface area contributed by atoms with Gasteiger partial charge in [0.15, 0.2) is 0 Å². The van der Waals surface area contributed by atoms with E-state index in [0.29, 0.717) is 0 Å². The van der Waals surface area contributed by atoms with E-state index >= 15 is 0 Å². The van der Waals surface area contributed by atoms with Gasteiger partial charge in [0.2, 0.25) is 0 Å². The number of hydrogen-bond donors (Lipinski definition) is 1. The van der Waals surface area contributed by atoms with Gasteiger partial charge >= 0.3 is 0 Å². The molecule has 0 saturated carbocycles. The summed E-state index contributed by atoms with van der Waals surface area (Å²) in [6.07, 6.45) is -0.600. The lowest BCUT2D eigenvalue weighted by Gasteiger charge is -2.12. The monoisotopic (exact) mass is 214 g/mol. The summed E-state index contributed by atoms with van der Waals surface area (Å²) in [6, 6.07) is 5.86. The number of aliphatic hydroxyl groups excluding tert-OH is 1. The predicted molar refractivity (Wildman–Crippen MR) is 58.1 cm³/mol. The van der Waals surface area contributed by atoms with Gasteiger partial charge in [0.05, 0.1) is 5.88 Å². The Balaban J connectivity index is 2.63. The van der Waals surface area contributed by atoms with E-state index in [4.69, 9.17) is 16.3 Å². The van der Waals surface area contributed by atoms with Crippen molar-refractivity contribution in [2.75, 3.05) is 12.5 Å². The average Bonchev–Trinajstić information content (AvgIpc) is 2.20. The Morgan fingerprint density at radius 2 is 2.14 bits per heavy atom. The maximum Gasteiger partial charge on any atom is 0.122 e. The Hall–Kier alpha value is -0.730. The maximum absolute atomic E-state index is 9.22. The van der Waals surface area contributed by atoms with Crippen LogP contribution < -0.4 is 4.74 Å². The first-order valence-electron chi connectivity index (χ1n) is 4.58. The van der Waals surface area contributed by atoms with Crippen LogP contribution in [0, 0.1) is 13.8 Å². The molecule has 3 heteroatoms. The van der Waals surface area contributed by atoms with Crippen LogP contribution in [0.3, 0.4) is 0 Å². The van der Waals surface area contributed by atoms with E-state index in [9.17, 15) is 5.11 Å². The van der Waals surface area contributed by atoms with Crippen molar-refractivity contribution in [3.63, 3.8) is 0 Å². The Bertz CT molecular complexity index is 299. The molecule has 1 N–H and O–H groups in total. The largest absolute Gasteiger partial charge is 0.491 e. The van der Waals surface area contributed by atoms with Gasteiger partial charge < -0.3 is 9.84 Å². The second-order valence-corrected chi connectivity index (χ2v) is 3.63. The van der Waals surface area contributed by atoms with Crippen LogP contribution in [0.1, 0.15) is 11.1 Å². The van der Waals surface area contributed by atoms with Crippen LogP contribution in [0.4, 0.5) is 0 Å². The van der Waals surface area contributed by atoms with Crippen LogP contribution in [0.25, 0.3) is 0 Å². The zero-order valence-electron chi connectivity index (χ0n) is 8.46. The van der Waals surface area contributed by atoms with Crippen molar-refractivity contribution in [1.82, 2.24) is 0 Å². The standard InChI is InChI=1S/C11H15ClO2/c1-8-4-3-5-11(9(8)2)14-7-10(13)6-12/h3-5,10,13H,6-7H2,1-2H3. The van der Waals surface area contributed by atoms with E-state index in [2.05, 4.69) is 0 Å². The fourth-order valence-electron chi connectivity index (χ4n) is 1.11. The van der Waals surface area contributed by atoms with Crippen LogP contribution in [-0.2, 0) is 0 Å². The lowest BCUT2D eigenvalue weighted by molar-refractivity contribution is 0.125. The quantitative estimate of drug-likeness (QED) is 0.780. The summed E-state index contributed by atoms with van der Waals surface area (Å²) in [5, 5.41) is 9.22. The number of aryl methyl sites for hydroxylation is 1. The van der Waals surface area contributed by atoms with Crippen LogP contribution in [0.2, 0.25) is 0 Å². The molecule has 0 aromatic heterocycles. The minimum atomic E-state index is -0.600. The molecule has 0 radical (unpaired) electrons. The molecule has 78 valence electrons. The van der Waals surface area contributed by atoms with Gasteiger partial charge in [-0.25, -0.2) is 0 Å². The number of hydrogen-bond acceptors (Lipinski definition) is 2. The third kappa shape index (κ3) is 2.89. The van der Waals surface area contributed by atoms with Crippen LogP contribution in [0.5, 0.6) is 5.75 Å². The first-order valence-corrected chi connectivity index (χ1v) is 5.11. The predicted octanol–water partition coefficient (Wildman–Crippen LogP) is 2.28. The minimum Gasteiger partial charge on any atom is -0.491 e. The molecule has 1 atom stereocenters. The van der Waals surface area contributed by atoms with Gasteiger partial charge in [-0.3, -0.25) is 0 Å². The molecule has 0 spiro atoms. The number of benzene rings is 1. The molecule has 0 aliphatic heterocycles. The normalized spacial score (nSPS) is 12.6. The van der Waals surface area contributed by atoms with Crippen molar-refractivity contribution < 1.29 is 9.84 Å². The molecule has 0 saturated heterocycles. The summed E-state index contributed by atoms with van der Waals surface area (Å²) in [6.45, 7) is 4.27. The smallest absolute Gasteiger partial charge is 0.122 e. The third-order valence-corrected chi connectivity index (χ3v) is 2.52. The zero-order valence-corrected chi connectivity index (χ0v) is 9.21. The average molecular weight is 215 g/mol. The van der Waals surface area contributed by atoms with E-state index in [1.807, 2.05) is 32.0 Å². The molecule has 0 heterocycles. The number of ether oxygens (including phenoxy) is 1. The second-order valence-electron chi connectivity index (χ2n) is 3.32. The van der Waals surface area contributed by atoms with Crippen molar-refractivity contribution in [2.24, 2.45) is 0 Å². The van der Waals surface area contributed by atoms with Gasteiger partial charge in [-0.1, -0.05) is 12.1 Å². The molecular weight excluding hydrogens is 200 g/mol. The molecule has 1 aromatic carbocycles. The molecule has 1 aromatic rings. The van der Waals surface area contributed by atoms with Crippen molar-refractivity contribution in [3.8, 4) is 5.75 Å². The minimum absolute atomic E-state index is 0.199. The summed E-state index contributed by atoms with van der Waals surface area (Å²) < 4.78 is 5.44. The maximum atomic E-state index is 9.22. The van der Waals surface area contributed by atoms with E-state index < -0.39 is 6.10 Å². The lowest BCUT2D eigenvalue weighted by atomic mass is 10.1. The fraction of sp³-hybridized carbons (Fsp3) is 0.455. The Kier molecular flexibility index (Phi) is 4.23. The molecule has 1 unspecified atom stereocenters. The van der Waals surface area contributed by atoms with Gasteiger partial charge in [0.1, 0.15) is 18.5 Å². The Morgan fingerprint density at radius 1 is 1.43 bits per heavy atom. The topological polar surface area (TPSA) is 29.5 Å². The highest BCUT2D eigenvalue weighted by Gasteiger charge is 2.05. The van der Waals surface area contributed by atoms with Crippen molar-refractivity contribution in [2.45, 2.75) is 20.0 Å². The van der Waals surface area contributed by atoms with E-state index in [-0.39, 0.29) is 12.5 Å². The number of alkyl halides is 1. The summed E-state index contributed by atoms with van der Waals surface area (Å²) in [5.74, 6) is 1.01. The molecule has 14 heavy (non-hydrogen) atoms. The lowest BCUT2D eigenvalue weighted by Crippen LogP contribution is -2.19. The summed E-state index contributed by atoms with van der Waals surface area (Å²) in [5.41, 5.74) is 2.29. The van der Waals surface area contributed by atoms with Gasteiger partial charge in [0, 0.05) is 0 Å². The first kappa shape index (κ1) is 11.3. The molecule has 0 aliphatic carbocycles. The van der Waals surface area contributed by atoms with Crippen LogP contribution in [0.15, 0.2) is 18.2 Å². The van der Waals surface area contributed by atoms with Gasteiger partial charge in [0.25, 0.3) is 0 Å². The zero-order chi connectivity index (χ0) is 10.6. The molecule has 2 nitrogen and oxygen atoms in total. The highest BCUT2D eigenvalue weighted by atomic mass is 35.5. The highest BCUT2D eigenvalue weighted by Crippen LogP contribution is 2.20. The molecule has 0 bridgehead atoms.